The zero-order valence-corrected chi connectivity index (χ0v) is 12.8. The van der Waals surface area contributed by atoms with Gasteiger partial charge in [-0.15, -0.1) is 11.8 Å². The van der Waals surface area contributed by atoms with Gasteiger partial charge in [-0.3, -0.25) is 0 Å². The zero-order valence-electron chi connectivity index (χ0n) is 12.0. The fourth-order valence-corrected chi connectivity index (χ4v) is 3.55. The van der Waals surface area contributed by atoms with Crippen LogP contribution in [0.2, 0.25) is 0 Å². The summed E-state index contributed by atoms with van der Waals surface area (Å²) in [7, 11) is 0. The van der Waals surface area contributed by atoms with Crippen LogP contribution in [-0.4, -0.2) is 22.5 Å². The number of thioether (sulfide) groups is 1. The van der Waals surface area contributed by atoms with E-state index in [9.17, 15) is 18.0 Å². The summed E-state index contributed by atoms with van der Waals surface area (Å²) >= 11 is 0.590. The summed E-state index contributed by atoms with van der Waals surface area (Å²) in [6.07, 6.45) is 0.987. The molecule has 1 aliphatic heterocycles. The second-order valence-corrected chi connectivity index (χ2v) is 7.49. The number of hydrogen-bond donors (Lipinski definition) is 1. The molecule has 21 heavy (non-hydrogen) atoms. The zero-order chi connectivity index (χ0) is 16.0. The summed E-state index contributed by atoms with van der Waals surface area (Å²) < 4.78 is 39.0. The van der Waals surface area contributed by atoms with E-state index < -0.39 is 23.0 Å². The van der Waals surface area contributed by atoms with Crippen LogP contribution in [0.5, 0.6) is 0 Å². The number of allylic oxidation sites excluding steroid dienone is 4. The van der Waals surface area contributed by atoms with Crippen molar-refractivity contribution in [2.45, 2.75) is 38.6 Å². The minimum atomic E-state index is -4.57. The molecule has 0 aromatic heterocycles. The molecular formula is C15H17F3O2S. The van der Waals surface area contributed by atoms with Crippen molar-refractivity contribution in [3.05, 3.63) is 34.3 Å². The van der Waals surface area contributed by atoms with Gasteiger partial charge < -0.3 is 5.11 Å². The van der Waals surface area contributed by atoms with Gasteiger partial charge in [-0.25, -0.2) is 4.79 Å². The molecule has 1 N–H and O–H groups in total. The van der Waals surface area contributed by atoms with Crippen LogP contribution in [0, 0.1) is 11.3 Å². The lowest BCUT2D eigenvalue weighted by atomic mass is 9.76. The second-order valence-electron chi connectivity index (χ2n) is 6.34. The minimum absolute atomic E-state index is 0.0161. The van der Waals surface area contributed by atoms with E-state index in [0.717, 1.165) is 0 Å². The Labute approximate surface area is 125 Å². The van der Waals surface area contributed by atoms with Crippen LogP contribution < -0.4 is 0 Å². The van der Waals surface area contributed by atoms with Gasteiger partial charge in [0, 0.05) is 4.91 Å². The summed E-state index contributed by atoms with van der Waals surface area (Å²) in [6, 6.07) is 0. The Balaban J connectivity index is 2.44. The summed E-state index contributed by atoms with van der Waals surface area (Å²) in [5, 5.41) is 7.06. The first kappa shape index (κ1) is 16.2. The average molecular weight is 318 g/mol. The predicted molar refractivity (Wildman–Crippen MR) is 76.9 cm³/mol. The number of alkyl halides is 3. The first-order valence-electron chi connectivity index (χ1n) is 6.61. The van der Waals surface area contributed by atoms with E-state index in [4.69, 9.17) is 5.11 Å². The van der Waals surface area contributed by atoms with Crippen molar-refractivity contribution < 1.29 is 23.1 Å². The van der Waals surface area contributed by atoms with Crippen molar-refractivity contribution in [1.82, 2.24) is 0 Å². The van der Waals surface area contributed by atoms with Gasteiger partial charge in [0.2, 0.25) is 0 Å². The summed E-state index contributed by atoms with van der Waals surface area (Å²) in [5.74, 6) is -1.33. The van der Waals surface area contributed by atoms with Crippen LogP contribution in [0.4, 0.5) is 13.2 Å². The highest BCUT2D eigenvalue weighted by Crippen LogP contribution is 2.49. The molecule has 0 aromatic carbocycles. The Morgan fingerprint density at radius 1 is 1.33 bits per heavy atom. The lowest BCUT2D eigenvalue weighted by Gasteiger charge is -2.34. The molecule has 6 heteroatoms. The van der Waals surface area contributed by atoms with Gasteiger partial charge in [-0.1, -0.05) is 32.9 Å². The first-order valence-corrected chi connectivity index (χ1v) is 7.48. The molecule has 0 radical (unpaired) electrons. The molecule has 2 atom stereocenters. The van der Waals surface area contributed by atoms with Gasteiger partial charge in [-0.05, 0) is 29.4 Å². The smallest absolute Gasteiger partial charge is 0.405 e. The maximum atomic E-state index is 13.0. The third kappa shape index (κ3) is 3.36. The standard InChI is InChI=1S/C15H17F3O2S/c1-14(2,3)9-4-5-11-8(6-9)7-10(13(19)20)12(21-11)15(16,17)18/h5-7,9,12H,4H2,1-3H3,(H,19,20). The molecule has 0 fully saturated rings. The van der Waals surface area contributed by atoms with E-state index in [1.54, 1.807) is 6.08 Å². The average Bonchev–Trinajstić information content (AvgIpc) is 2.34. The quantitative estimate of drug-likeness (QED) is 0.770. The molecular weight excluding hydrogens is 301 g/mol. The van der Waals surface area contributed by atoms with Crippen molar-refractivity contribution in [2.24, 2.45) is 11.3 Å². The molecule has 2 rings (SSSR count). The molecule has 116 valence electrons. The number of carboxylic acids is 1. The summed E-state index contributed by atoms with van der Waals surface area (Å²) in [5.41, 5.74) is -0.00724. The van der Waals surface area contributed by atoms with Crippen LogP contribution in [-0.2, 0) is 4.79 Å². The number of carbonyl (C=O) groups is 1. The Morgan fingerprint density at radius 3 is 2.43 bits per heavy atom. The van der Waals surface area contributed by atoms with Gasteiger partial charge in [0.15, 0.2) is 0 Å². The molecule has 0 saturated carbocycles. The number of rotatable bonds is 1. The van der Waals surface area contributed by atoms with E-state index in [2.05, 4.69) is 20.8 Å². The monoisotopic (exact) mass is 318 g/mol. The highest BCUT2D eigenvalue weighted by molar-refractivity contribution is 8.04. The summed E-state index contributed by atoms with van der Waals surface area (Å²) in [4.78, 5) is 11.7. The van der Waals surface area contributed by atoms with E-state index in [-0.39, 0.29) is 11.3 Å². The van der Waals surface area contributed by atoms with Gasteiger partial charge in [-0.2, -0.15) is 13.2 Å². The van der Waals surface area contributed by atoms with Crippen LogP contribution in [0.1, 0.15) is 27.2 Å². The normalized spacial score (nSPS) is 26.5. The van der Waals surface area contributed by atoms with Gasteiger partial charge >= 0.3 is 12.1 Å². The molecule has 1 heterocycles. The molecule has 2 aliphatic rings. The molecule has 1 aliphatic carbocycles. The third-order valence-corrected chi connectivity index (χ3v) is 5.13. The van der Waals surface area contributed by atoms with Crippen LogP contribution >= 0.6 is 11.8 Å². The van der Waals surface area contributed by atoms with E-state index in [0.29, 0.717) is 28.7 Å². The Bertz CT molecular complexity index is 550. The maximum absolute atomic E-state index is 13.0. The van der Waals surface area contributed by atoms with Crippen LogP contribution in [0.3, 0.4) is 0 Å². The van der Waals surface area contributed by atoms with Crippen molar-refractivity contribution in [2.75, 3.05) is 0 Å². The first-order chi connectivity index (χ1) is 9.50. The number of fused-ring (bicyclic) bond motifs is 1. The number of carboxylic acid groups (broad SMARTS) is 1. The largest absolute Gasteiger partial charge is 0.478 e. The van der Waals surface area contributed by atoms with Crippen molar-refractivity contribution in [1.29, 1.82) is 0 Å². The lowest BCUT2D eigenvalue weighted by molar-refractivity contribution is -0.140. The maximum Gasteiger partial charge on any atom is 0.405 e. The van der Waals surface area contributed by atoms with E-state index >= 15 is 0 Å². The molecule has 2 unspecified atom stereocenters. The molecule has 0 spiro atoms. The van der Waals surface area contributed by atoms with Gasteiger partial charge in [0.25, 0.3) is 0 Å². The van der Waals surface area contributed by atoms with E-state index in [1.165, 1.54) is 6.08 Å². The highest BCUT2D eigenvalue weighted by Gasteiger charge is 2.48. The topological polar surface area (TPSA) is 37.3 Å². The van der Waals surface area contributed by atoms with E-state index in [1.807, 2.05) is 6.08 Å². The van der Waals surface area contributed by atoms with Crippen molar-refractivity contribution >= 4 is 17.7 Å². The molecule has 0 amide bonds. The Morgan fingerprint density at radius 2 is 1.95 bits per heavy atom. The van der Waals surface area contributed by atoms with Crippen LogP contribution in [0.25, 0.3) is 0 Å². The molecule has 0 bridgehead atoms. The molecule has 2 nitrogen and oxygen atoms in total. The fraction of sp³-hybridized carbons (Fsp3) is 0.533. The SMILES string of the molecule is CC(C)(C)C1C=C2C=C(C(=O)O)C(C(F)(F)F)SC2=CC1. The number of hydrogen-bond acceptors (Lipinski definition) is 2. The second kappa shape index (κ2) is 5.23. The van der Waals surface area contributed by atoms with Gasteiger partial charge in [0.1, 0.15) is 5.25 Å². The third-order valence-electron chi connectivity index (χ3n) is 3.72. The van der Waals surface area contributed by atoms with Crippen molar-refractivity contribution in [3.63, 3.8) is 0 Å². The van der Waals surface area contributed by atoms with Crippen LogP contribution in [0.15, 0.2) is 34.3 Å². The highest BCUT2D eigenvalue weighted by atomic mass is 32.2. The molecule has 0 aromatic rings. The number of aliphatic carboxylic acids is 1. The summed E-state index contributed by atoms with van der Waals surface area (Å²) in [6.45, 7) is 6.18. The van der Waals surface area contributed by atoms with Crippen molar-refractivity contribution in [3.8, 4) is 0 Å². The molecule has 0 saturated heterocycles. The Kier molecular flexibility index (Phi) is 4.04. The minimum Gasteiger partial charge on any atom is -0.478 e. The van der Waals surface area contributed by atoms with Gasteiger partial charge in [0.05, 0.1) is 5.57 Å². The Hall–Kier alpha value is -1.17. The lowest BCUT2D eigenvalue weighted by Crippen LogP contribution is -2.33. The fourth-order valence-electron chi connectivity index (χ4n) is 2.41. The predicted octanol–water partition coefficient (Wildman–Crippen LogP) is 4.55. The number of halogens is 3.